The maximum atomic E-state index is 6.48. The molecule has 3 rings (SSSR count). The van der Waals surface area contributed by atoms with Gasteiger partial charge < -0.3 is 0 Å². The van der Waals surface area contributed by atoms with Crippen molar-refractivity contribution in [3.05, 3.63) is 105 Å². The molecule has 0 saturated heterocycles. The van der Waals surface area contributed by atoms with Crippen molar-refractivity contribution in [1.29, 1.82) is 0 Å². The molecule has 0 nitrogen and oxygen atoms in total. The maximum absolute atomic E-state index is 6.48. The molecule has 0 aliphatic carbocycles. The number of hydrogen-bond acceptors (Lipinski definition) is 0. The van der Waals surface area contributed by atoms with Crippen molar-refractivity contribution >= 4 is 34.8 Å². The fourth-order valence-corrected chi connectivity index (χ4v) is 3.26. The van der Waals surface area contributed by atoms with E-state index in [2.05, 4.69) is 24.3 Å². The molecule has 0 aromatic heterocycles. The minimum atomic E-state index is 0.0182. The first-order chi connectivity index (χ1) is 10.7. The Morgan fingerprint density at radius 2 is 1.05 bits per heavy atom. The highest BCUT2D eigenvalue weighted by molar-refractivity contribution is 6.48. The van der Waals surface area contributed by atoms with Crippen LogP contribution >= 0.6 is 34.8 Å². The average Bonchev–Trinajstić information content (AvgIpc) is 2.57. The lowest BCUT2D eigenvalue weighted by atomic mass is 9.85. The fraction of sp³-hybridized carbons (Fsp3) is 0.0526. The molecule has 0 N–H and O–H groups in total. The van der Waals surface area contributed by atoms with E-state index in [1.54, 1.807) is 6.07 Å². The molecule has 110 valence electrons. The van der Waals surface area contributed by atoms with Gasteiger partial charge in [0.15, 0.2) is 0 Å². The molecular weight excluding hydrogens is 335 g/mol. The van der Waals surface area contributed by atoms with Crippen LogP contribution in [0.4, 0.5) is 0 Å². The van der Waals surface area contributed by atoms with Crippen molar-refractivity contribution in [3.63, 3.8) is 0 Å². The van der Waals surface area contributed by atoms with Crippen molar-refractivity contribution in [3.8, 4) is 0 Å². The molecule has 0 bridgehead atoms. The predicted octanol–water partition coefficient (Wildman–Crippen LogP) is 6.83. The van der Waals surface area contributed by atoms with E-state index in [1.165, 1.54) is 0 Å². The van der Waals surface area contributed by atoms with Crippen LogP contribution in [0.5, 0.6) is 0 Å². The van der Waals surface area contributed by atoms with Crippen LogP contribution in [0.3, 0.4) is 0 Å². The summed E-state index contributed by atoms with van der Waals surface area (Å²) in [5.74, 6) is 0.0182. The first-order valence-electron chi connectivity index (χ1n) is 6.92. The predicted molar refractivity (Wildman–Crippen MR) is 95.3 cm³/mol. The smallest absolute Gasteiger partial charge is 0.0781 e. The van der Waals surface area contributed by atoms with E-state index in [-0.39, 0.29) is 5.92 Å². The van der Waals surface area contributed by atoms with E-state index in [0.717, 1.165) is 16.7 Å². The first-order valence-corrected chi connectivity index (χ1v) is 8.05. The molecule has 0 spiro atoms. The van der Waals surface area contributed by atoms with Gasteiger partial charge in [-0.25, -0.2) is 0 Å². The fourth-order valence-electron chi connectivity index (χ4n) is 2.61. The van der Waals surface area contributed by atoms with Crippen molar-refractivity contribution < 1.29 is 0 Å². The van der Waals surface area contributed by atoms with Crippen LogP contribution < -0.4 is 0 Å². The average molecular weight is 348 g/mol. The zero-order chi connectivity index (χ0) is 15.5. The summed E-state index contributed by atoms with van der Waals surface area (Å²) in [6.45, 7) is 0. The Morgan fingerprint density at radius 1 is 0.545 bits per heavy atom. The van der Waals surface area contributed by atoms with E-state index in [0.29, 0.717) is 15.1 Å². The summed E-state index contributed by atoms with van der Waals surface area (Å²) in [6, 6.07) is 24.2. The molecule has 3 heteroatoms. The van der Waals surface area contributed by atoms with Gasteiger partial charge in [-0.2, -0.15) is 0 Å². The van der Waals surface area contributed by atoms with Gasteiger partial charge in [0, 0.05) is 5.92 Å². The molecule has 0 fully saturated rings. The number of hydrogen-bond donors (Lipinski definition) is 0. The van der Waals surface area contributed by atoms with Crippen LogP contribution in [0, 0.1) is 0 Å². The quantitative estimate of drug-likeness (QED) is 0.360. The monoisotopic (exact) mass is 346 g/mol. The number of benzene rings is 3. The lowest BCUT2D eigenvalue weighted by Gasteiger charge is -2.21. The topological polar surface area (TPSA) is 0 Å². The molecule has 0 heterocycles. The third-order valence-electron chi connectivity index (χ3n) is 3.64. The molecule has 3 aromatic carbocycles. The SMILES string of the molecule is Clc1ccc(C(c2ccccc2)c2ccccc2)c(Cl)c1Cl. The normalized spacial score (nSPS) is 10.9. The van der Waals surface area contributed by atoms with Crippen molar-refractivity contribution in [2.45, 2.75) is 5.92 Å². The number of rotatable bonds is 3. The third-order valence-corrected chi connectivity index (χ3v) is 4.95. The minimum absolute atomic E-state index is 0.0182. The minimum Gasteiger partial charge on any atom is -0.0827 e. The summed E-state index contributed by atoms with van der Waals surface area (Å²) in [6.07, 6.45) is 0. The second-order valence-electron chi connectivity index (χ2n) is 5.02. The Balaban J connectivity index is 2.21. The van der Waals surface area contributed by atoms with Gasteiger partial charge in [-0.05, 0) is 22.8 Å². The summed E-state index contributed by atoms with van der Waals surface area (Å²) in [5, 5.41) is 1.37. The highest BCUT2D eigenvalue weighted by Crippen LogP contribution is 2.41. The Kier molecular flexibility index (Phi) is 4.73. The summed E-state index contributed by atoms with van der Waals surface area (Å²) >= 11 is 18.8. The second kappa shape index (κ2) is 6.75. The lowest BCUT2D eigenvalue weighted by Crippen LogP contribution is -2.04. The molecule has 0 aliphatic rings. The Bertz CT molecular complexity index is 728. The van der Waals surface area contributed by atoms with Crippen LogP contribution in [-0.2, 0) is 0 Å². The Labute approximate surface area is 145 Å². The molecule has 0 aliphatic heterocycles. The lowest BCUT2D eigenvalue weighted by molar-refractivity contribution is 0.978. The molecule has 22 heavy (non-hydrogen) atoms. The van der Waals surface area contributed by atoms with Crippen molar-refractivity contribution in [2.75, 3.05) is 0 Å². The van der Waals surface area contributed by atoms with Crippen LogP contribution in [0.15, 0.2) is 72.8 Å². The zero-order valence-corrected chi connectivity index (χ0v) is 13.9. The second-order valence-corrected chi connectivity index (χ2v) is 6.18. The van der Waals surface area contributed by atoms with Gasteiger partial charge in [-0.1, -0.05) is 102 Å². The third kappa shape index (κ3) is 3.01. The first kappa shape index (κ1) is 15.4. The van der Waals surface area contributed by atoms with Crippen LogP contribution in [0.1, 0.15) is 22.6 Å². The van der Waals surface area contributed by atoms with Crippen molar-refractivity contribution in [2.24, 2.45) is 0 Å². The van der Waals surface area contributed by atoms with E-state index < -0.39 is 0 Å². The van der Waals surface area contributed by atoms with Gasteiger partial charge in [0.1, 0.15) is 0 Å². The largest absolute Gasteiger partial charge is 0.0827 e. The molecule has 0 atom stereocenters. The standard InChI is InChI=1S/C19H13Cl3/c20-16-12-11-15(18(21)19(16)22)17(13-7-3-1-4-8-13)14-9-5-2-6-10-14/h1-12,17H. The molecular formula is C19H13Cl3. The summed E-state index contributed by atoms with van der Waals surface area (Å²) in [4.78, 5) is 0. The van der Waals surface area contributed by atoms with Crippen LogP contribution in [0.2, 0.25) is 15.1 Å². The molecule has 0 saturated carbocycles. The van der Waals surface area contributed by atoms with E-state index in [1.807, 2.05) is 42.5 Å². The van der Waals surface area contributed by atoms with Gasteiger partial charge >= 0.3 is 0 Å². The van der Waals surface area contributed by atoms with E-state index in [9.17, 15) is 0 Å². The van der Waals surface area contributed by atoms with Crippen molar-refractivity contribution in [1.82, 2.24) is 0 Å². The summed E-state index contributed by atoms with van der Waals surface area (Å²) in [5.41, 5.74) is 3.27. The zero-order valence-electron chi connectivity index (χ0n) is 11.6. The summed E-state index contributed by atoms with van der Waals surface area (Å²) in [7, 11) is 0. The van der Waals surface area contributed by atoms with Gasteiger partial charge in [-0.3, -0.25) is 0 Å². The van der Waals surface area contributed by atoms with Gasteiger partial charge in [0.2, 0.25) is 0 Å². The molecule has 3 aromatic rings. The molecule has 0 radical (unpaired) electrons. The van der Waals surface area contributed by atoms with E-state index in [4.69, 9.17) is 34.8 Å². The van der Waals surface area contributed by atoms with Gasteiger partial charge in [0.05, 0.1) is 15.1 Å². The highest BCUT2D eigenvalue weighted by atomic mass is 35.5. The summed E-state index contributed by atoms with van der Waals surface area (Å²) < 4.78 is 0. The van der Waals surface area contributed by atoms with Crippen LogP contribution in [-0.4, -0.2) is 0 Å². The van der Waals surface area contributed by atoms with Gasteiger partial charge in [0.25, 0.3) is 0 Å². The number of halogens is 3. The molecule has 0 unspecified atom stereocenters. The van der Waals surface area contributed by atoms with E-state index >= 15 is 0 Å². The van der Waals surface area contributed by atoms with Crippen LogP contribution in [0.25, 0.3) is 0 Å². The molecule has 0 amide bonds. The highest BCUT2D eigenvalue weighted by Gasteiger charge is 2.21. The van der Waals surface area contributed by atoms with Gasteiger partial charge in [-0.15, -0.1) is 0 Å². The Hall–Kier alpha value is -1.47. The Morgan fingerprint density at radius 3 is 1.55 bits per heavy atom. The maximum Gasteiger partial charge on any atom is 0.0781 e.